The summed E-state index contributed by atoms with van der Waals surface area (Å²) >= 11 is 8.83. The first-order valence-corrected chi connectivity index (χ1v) is 7.26. The number of hydrogen-bond donors (Lipinski definition) is 1. The van der Waals surface area contributed by atoms with Crippen molar-refractivity contribution in [2.45, 2.75) is 4.34 Å². The Balaban J connectivity index is 2.00. The number of hydrogen-bond acceptors (Lipinski definition) is 4. The minimum atomic E-state index is -0.0877. The molecular formula is C12H9ClN2OS2. The Morgan fingerprint density at radius 3 is 3.22 bits per heavy atom. The molecule has 92 valence electrons. The Morgan fingerprint density at radius 1 is 1.61 bits per heavy atom. The summed E-state index contributed by atoms with van der Waals surface area (Å²) in [5, 5.41) is 3.27. The number of benzene rings is 1. The smallest absolute Gasteiger partial charge is 0.231 e. The van der Waals surface area contributed by atoms with E-state index in [1.807, 2.05) is 18.2 Å². The lowest BCUT2D eigenvalue weighted by molar-refractivity contribution is -0.118. The van der Waals surface area contributed by atoms with Gasteiger partial charge in [0.25, 0.3) is 0 Å². The molecule has 1 N–H and O–H groups in total. The summed E-state index contributed by atoms with van der Waals surface area (Å²) in [4.78, 5) is 15.8. The quantitative estimate of drug-likeness (QED) is 0.697. The molecule has 0 aliphatic rings. The van der Waals surface area contributed by atoms with Gasteiger partial charge in [-0.15, -0.1) is 17.8 Å². The number of fused-ring (bicyclic) bond motifs is 1. The van der Waals surface area contributed by atoms with Crippen molar-refractivity contribution in [1.82, 2.24) is 10.3 Å². The van der Waals surface area contributed by atoms with Crippen molar-refractivity contribution in [2.75, 3.05) is 12.3 Å². The zero-order chi connectivity index (χ0) is 13.0. The third-order valence-corrected chi connectivity index (χ3v) is 4.46. The van der Waals surface area contributed by atoms with Gasteiger partial charge in [0.05, 0.1) is 22.5 Å². The molecule has 0 saturated carbocycles. The lowest BCUT2D eigenvalue weighted by atomic mass is 10.3. The normalized spacial score (nSPS) is 10.2. The minimum absolute atomic E-state index is 0.0877. The van der Waals surface area contributed by atoms with Gasteiger partial charge in [-0.3, -0.25) is 4.79 Å². The summed E-state index contributed by atoms with van der Waals surface area (Å²) in [6.07, 6.45) is 5.05. The fourth-order valence-corrected chi connectivity index (χ4v) is 3.31. The maximum absolute atomic E-state index is 11.4. The summed E-state index contributed by atoms with van der Waals surface area (Å²) in [7, 11) is 0. The SMILES string of the molecule is C#CCNC(=O)CSc1nc2cc(Cl)ccc2s1. The maximum atomic E-state index is 11.4. The summed E-state index contributed by atoms with van der Waals surface area (Å²) < 4.78 is 1.91. The molecule has 0 spiro atoms. The van der Waals surface area contributed by atoms with Gasteiger partial charge in [-0.25, -0.2) is 4.98 Å². The number of nitrogens with zero attached hydrogens (tertiary/aromatic N) is 1. The average Bonchev–Trinajstić information content (AvgIpc) is 2.75. The van der Waals surface area contributed by atoms with Gasteiger partial charge in [0, 0.05) is 5.02 Å². The van der Waals surface area contributed by atoms with Crippen LogP contribution in [0, 0.1) is 12.3 Å². The third-order valence-electron chi connectivity index (χ3n) is 2.04. The number of halogens is 1. The van der Waals surface area contributed by atoms with Crippen LogP contribution in [0.5, 0.6) is 0 Å². The molecule has 2 aromatic rings. The second kappa shape index (κ2) is 6.10. The fraction of sp³-hybridized carbons (Fsp3) is 0.167. The predicted octanol–water partition coefficient (Wildman–Crippen LogP) is 2.79. The van der Waals surface area contributed by atoms with E-state index in [9.17, 15) is 4.79 Å². The molecule has 0 atom stereocenters. The number of aromatic nitrogens is 1. The number of amides is 1. The number of carbonyl (C=O) groups excluding carboxylic acids is 1. The fourth-order valence-electron chi connectivity index (χ4n) is 1.27. The van der Waals surface area contributed by atoms with Crippen LogP contribution in [0.3, 0.4) is 0 Å². The predicted molar refractivity (Wildman–Crippen MR) is 77.2 cm³/mol. The largest absolute Gasteiger partial charge is 0.344 e. The summed E-state index contributed by atoms with van der Waals surface area (Å²) in [6, 6.07) is 5.57. The van der Waals surface area contributed by atoms with Crippen molar-refractivity contribution in [1.29, 1.82) is 0 Å². The highest BCUT2D eigenvalue weighted by molar-refractivity contribution is 8.01. The van der Waals surface area contributed by atoms with E-state index >= 15 is 0 Å². The van der Waals surface area contributed by atoms with Gasteiger partial charge in [-0.05, 0) is 18.2 Å². The molecule has 6 heteroatoms. The summed E-state index contributed by atoms with van der Waals surface area (Å²) in [5.41, 5.74) is 0.860. The number of terminal acetylenes is 1. The molecule has 1 aromatic heterocycles. The van der Waals surface area contributed by atoms with E-state index in [1.54, 1.807) is 11.3 Å². The van der Waals surface area contributed by atoms with Gasteiger partial charge in [0.1, 0.15) is 0 Å². The molecule has 0 aliphatic carbocycles. The zero-order valence-corrected chi connectivity index (χ0v) is 11.7. The van der Waals surface area contributed by atoms with Crippen LogP contribution < -0.4 is 5.32 Å². The molecule has 1 amide bonds. The molecule has 1 heterocycles. The van der Waals surface area contributed by atoms with E-state index in [-0.39, 0.29) is 12.5 Å². The lowest BCUT2D eigenvalue weighted by Gasteiger charge is -1.98. The highest BCUT2D eigenvalue weighted by atomic mass is 35.5. The van der Waals surface area contributed by atoms with Gasteiger partial charge < -0.3 is 5.32 Å². The van der Waals surface area contributed by atoms with Gasteiger partial charge in [0.2, 0.25) is 5.91 Å². The van der Waals surface area contributed by atoms with Crippen molar-refractivity contribution in [3.05, 3.63) is 23.2 Å². The van der Waals surface area contributed by atoms with E-state index in [0.717, 1.165) is 14.6 Å². The molecule has 0 radical (unpaired) electrons. The first-order chi connectivity index (χ1) is 8.69. The molecule has 0 bridgehead atoms. The number of thioether (sulfide) groups is 1. The summed E-state index contributed by atoms with van der Waals surface area (Å²) in [5.74, 6) is 2.58. The van der Waals surface area contributed by atoms with Crippen LogP contribution in [0.2, 0.25) is 5.02 Å². The Hall–Kier alpha value is -1.22. The van der Waals surface area contributed by atoms with Gasteiger partial charge in [-0.1, -0.05) is 29.3 Å². The number of nitrogens with one attached hydrogen (secondary N) is 1. The van der Waals surface area contributed by atoms with E-state index in [2.05, 4.69) is 16.2 Å². The maximum Gasteiger partial charge on any atom is 0.231 e. The lowest BCUT2D eigenvalue weighted by Crippen LogP contribution is -2.25. The van der Waals surface area contributed by atoms with E-state index in [4.69, 9.17) is 18.0 Å². The molecule has 2 rings (SSSR count). The van der Waals surface area contributed by atoms with Crippen LogP contribution in [0.15, 0.2) is 22.5 Å². The minimum Gasteiger partial charge on any atom is -0.344 e. The zero-order valence-electron chi connectivity index (χ0n) is 9.27. The third kappa shape index (κ3) is 3.39. The van der Waals surface area contributed by atoms with E-state index < -0.39 is 0 Å². The Bertz CT molecular complexity index is 618. The second-order valence-electron chi connectivity index (χ2n) is 3.36. The van der Waals surface area contributed by atoms with E-state index in [1.165, 1.54) is 11.8 Å². The molecule has 0 unspecified atom stereocenters. The molecule has 18 heavy (non-hydrogen) atoms. The van der Waals surface area contributed by atoms with Gasteiger partial charge in [-0.2, -0.15) is 0 Å². The van der Waals surface area contributed by atoms with Crippen molar-refractivity contribution >= 4 is 50.8 Å². The molecule has 3 nitrogen and oxygen atoms in total. The number of rotatable bonds is 4. The topological polar surface area (TPSA) is 42.0 Å². The Kier molecular flexibility index (Phi) is 4.48. The first kappa shape index (κ1) is 13.2. The molecule has 1 aromatic carbocycles. The van der Waals surface area contributed by atoms with Crippen molar-refractivity contribution in [3.63, 3.8) is 0 Å². The average molecular weight is 297 g/mol. The molecule has 0 fully saturated rings. The van der Waals surface area contributed by atoms with Crippen molar-refractivity contribution < 1.29 is 4.79 Å². The van der Waals surface area contributed by atoms with Crippen LogP contribution in [0.4, 0.5) is 0 Å². The highest BCUT2D eigenvalue weighted by Gasteiger charge is 2.07. The second-order valence-corrected chi connectivity index (χ2v) is 6.05. The molecule has 0 aliphatic heterocycles. The van der Waals surface area contributed by atoms with Crippen LogP contribution in [0.25, 0.3) is 10.2 Å². The molecule has 0 saturated heterocycles. The highest BCUT2D eigenvalue weighted by Crippen LogP contribution is 2.30. The van der Waals surface area contributed by atoms with Crippen LogP contribution >= 0.6 is 34.7 Å². The standard InChI is InChI=1S/C12H9ClN2OS2/c1-2-5-14-11(16)7-17-12-15-9-6-8(13)3-4-10(9)18-12/h1,3-4,6H,5,7H2,(H,14,16). The van der Waals surface area contributed by atoms with Gasteiger partial charge >= 0.3 is 0 Å². The van der Waals surface area contributed by atoms with Crippen LogP contribution in [0.1, 0.15) is 0 Å². The Morgan fingerprint density at radius 2 is 2.44 bits per heavy atom. The monoisotopic (exact) mass is 296 g/mol. The Labute approximate surface area is 118 Å². The first-order valence-electron chi connectivity index (χ1n) is 5.08. The van der Waals surface area contributed by atoms with Crippen molar-refractivity contribution in [3.8, 4) is 12.3 Å². The molecular weight excluding hydrogens is 288 g/mol. The van der Waals surface area contributed by atoms with Gasteiger partial charge in [0.15, 0.2) is 4.34 Å². The number of carbonyl (C=O) groups is 1. The van der Waals surface area contributed by atoms with Crippen LogP contribution in [-0.2, 0) is 4.79 Å². The van der Waals surface area contributed by atoms with E-state index in [0.29, 0.717) is 10.8 Å². The van der Waals surface area contributed by atoms with Crippen molar-refractivity contribution in [2.24, 2.45) is 0 Å². The van der Waals surface area contributed by atoms with Crippen LogP contribution in [-0.4, -0.2) is 23.2 Å². The summed E-state index contributed by atoms with van der Waals surface area (Å²) in [6.45, 7) is 0.259. The number of thiazole rings is 1.